The molecule has 0 atom stereocenters. The van der Waals surface area contributed by atoms with Gasteiger partial charge in [0.05, 0.1) is 7.74 Å². The normalized spacial score (nSPS) is 12.3. The third-order valence-corrected chi connectivity index (χ3v) is 2.23. The molecule has 0 fully saturated rings. The molecule has 0 heterocycles. The van der Waals surface area contributed by atoms with Crippen LogP contribution in [0.1, 0.15) is 0 Å². The fourth-order valence-electron chi connectivity index (χ4n) is 1.09. The summed E-state index contributed by atoms with van der Waals surface area (Å²) >= 11 is 0. The van der Waals surface area contributed by atoms with Crippen LogP contribution in [-0.4, -0.2) is 43.7 Å². The largest absolute Gasteiger partial charge is 0.488 e. The molecule has 1 rings (SSSR count). The van der Waals surface area contributed by atoms with Gasteiger partial charge in [0.2, 0.25) is 0 Å². The van der Waals surface area contributed by atoms with Crippen molar-refractivity contribution < 1.29 is 28.1 Å². The predicted molar refractivity (Wildman–Crippen MR) is 60.5 cm³/mol. The van der Waals surface area contributed by atoms with Gasteiger partial charge in [-0.3, -0.25) is 0 Å². The summed E-state index contributed by atoms with van der Waals surface area (Å²) in [5.74, 6) is -3.69. The molecular weight excluding hydrogens is 235 g/mol. The molecular formula is C9H11B2F3O3. The molecule has 0 aliphatic rings. The second kappa shape index (κ2) is 5.01. The summed E-state index contributed by atoms with van der Waals surface area (Å²) in [6.07, 6.45) is -5.14. The van der Waals surface area contributed by atoms with E-state index >= 15 is 0 Å². The molecule has 0 unspecified atom stereocenters. The Hall–Kier alpha value is -1.14. The number of alkyl halides is 3. The lowest BCUT2D eigenvalue weighted by atomic mass is 9.51. The van der Waals surface area contributed by atoms with Crippen molar-refractivity contribution >= 4 is 20.4 Å². The van der Waals surface area contributed by atoms with Crippen LogP contribution < -0.4 is 10.2 Å². The minimum Gasteiger partial charge on any atom is -0.488 e. The van der Waals surface area contributed by atoms with Gasteiger partial charge in [-0.2, -0.15) is 13.2 Å². The Balaban J connectivity index is 2.61. The number of hydrogen-bond acceptors (Lipinski definition) is 3. The standard InChI is InChI=1S/C9H11B2F3O3/c10-11-6-1-3-7(4-2-6)17-5-8(15,16)9(12,13)14/h1-4,11,15-16H,5,10H2. The van der Waals surface area contributed by atoms with Crippen LogP contribution >= 0.6 is 0 Å². The molecule has 0 aromatic heterocycles. The maximum absolute atomic E-state index is 12.1. The van der Waals surface area contributed by atoms with Crippen LogP contribution in [0, 0.1) is 0 Å². The van der Waals surface area contributed by atoms with Gasteiger partial charge in [-0.25, -0.2) is 0 Å². The van der Waals surface area contributed by atoms with Gasteiger partial charge in [0, 0.05) is 0 Å². The second-order valence-electron chi connectivity index (χ2n) is 3.60. The summed E-state index contributed by atoms with van der Waals surface area (Å²) in [7, 11) is 2.73. The minimum atomic E-state index is -5.14. The highest BCUT2D eigenvalue weighted by molar-refractivity contribution is 6.97. The second-order valence-corrected chi connectivity index (χ2v) is 3.60. The molecule has 3 nitrogen and oxygen atoms in total. The van der Waals surface area contributed by atoms with Gasteiger partial charge >= 0.3 is 6.18 Å². The van der Waals surface area contributed by atoms with Crippen molar-refractivity contribution in [2.75, 3.05) is 6.61 Å². The molecule has 2 N–H and O–H groups in total. The summed E-state index contributed by atoms with van der Waals surface area (Å²) in [6.45, 7) is -1.26. The zero-order chi connectivity index (χ0) is 13.1. The summed E-state index contributed by atoms with van der Waals surface area (Å²) in [5, 5.41) is 17.4. The monoisotopic (exact) mass is 246 g/mol. The maximum atomic E-state index is 12.1. The number of ether oxygens (including phenoxy) is 1. The van der Waals surface area contributed by atoms with Crippen LogP contribution in [0.2, 0.25) is 0 Å². The van der Waals surface area contributed by atoms with Crippen molar-refractivity contribution in [2.24, 2.45) is 0 Å². The lowest BCUT2D eigenvalue weighted by Gasteiger charge is -2.24. The van der Waals surface area contributed by atoms with Crippen molar-refractivity contribution in [1.82, 2.24) is 0 Å². The first-order valence-electron chi connectivity index (χ1n) is 4.99. The Morgan fingerprint density at radius 1 is 1.18 bits per heavy atom. The average molecular weight is 246 g/mol. The van der Waals surface area contributed by atoms with Crippen molar-refractivity contribution in [1.29, 1.82) is 0 Å². The smallest absolute Gasteiger partial charge is 0.446 e. The van der Waals surface area contributed by atoms with E-state index in [1.807, 2.05) is 7.74 Å². The lowest BCUT2D eigenvalue weighted by molar-refractivity contribution is -0.355. The van der Waals surface area contributed by atoms with Gasteiger partial charge in [0.1, 0.15) is 12.9 Å². The highest BCUT2D eigenvalue weighted by Crippen LogP contribution is 2.28. The van der Waals surface area contributed by atoms with Crippen molar-refractivity contribution in [2.45, 2.75) is 12.0 Å². The molecule has 1 aromatic carbocycles. The Labute approximate surface area is 97.8 Å². The van der Waals surface area contributed by atoms with Gasteiger partial charge in [0.15, 0.2) is 6.61 Å². The van der Waals surface area contributed by atoms with Crippen molar-refractivity contribution in [3.05, 3.63) is 24.3 Å². The van der Waals surface area contributed by atoms with Crippen LogP contribution in [0.4, 0.5) is 13.2 Å². The highest BCUT2D eigenvalue weighted by Gasteiger charge is 2.53. The van der Waals surface area contributed by atoms with Crippen molar-refractivity contribution in [3.8, 4) is 5.75 Å². The first kappa shape index (κ1) is 13.9. The maximum Gasteiger partial charge on any atom is 0.446 e. The van der Waals surface area contributed by atoms with E-state index in [1.54, 1.807) is 12.1 Å². The Morgan fingerprint density at radius 2 is 1.71 bits per heavy atom. The zero-order valence-corrected chi connectivity index (χ0v) is 9.16. The topological polar surface area (TPSA) is 49.7 Å². The Morgan fingerprint density at radius 3 is 2.12 bits per heavy atom. The minimum absolute atomic E-state index is 0.152. The van der Waals surface area contributed by atoms with Gasteiger partial charge in [-0.1, -0.05) is 17.6 Å². The van der Waals surface area contributed by atoms with Gasteiger partial charge in [-0.05, 0) is 12.1 Å². The Bertz CT molecular complexity index is 365. The van der Waals surface area contributed by atoms with E-state index in [9.17, 15) is 13.2 Å². The molecule has 0 saturated heterocycles. The number of rotatable bonds is 4. The third-order valence-electron chi connectivity index (χ3n) is 2.23. The Kier molecular flexibility index (Phi) is 4.11. The van der Waals surface area contributed by atoms with Crippen LogP contribution in [0.15, 0.2) is 24.3 Å². The quantitative estimate of drug-likeness (QED) is 0.524. The molecule has 0 amide bonds. The summed E-state index contributed by atoms with van der Waals surface area (Å²) in [4.78, 5) is 0. The first-order valence-corrected chi connectivity index (χ1v) is 4.99. The molecule has 0 saturated carbocycles. The van der Waals surface area contributed by atoms with E-state index < -0.39 is 18.6 Å². The van der Waals surface area contributed by atoms with Crippen LogP contribution in [-0.2, 0) is 0 Å². The SMILES string of the molecule is BBc1ccc(OCC(O)(O)C(F)(F)F)cc1. The van der Waals surface area contributed by atoms with Gasteiger partial charge < -0.3 is 14.9 Å². The average Bonchev–Trinajstić information content (AvgIpc) is 2.25. The summed E-state index contributed by atoms with van der Waals surface area (Å²) in [6, 6.07) is 6.34. The fourth-order valence-corrected chi connectivity index (χ4v) is 1.09. The zero-order valence-electron chi connectivity index (χ0n) is 9.16. The van der Waals surface area contributed by atoms with Crippen LogP contribution in [0.3, 0.4) is 0 Å². The van der Waals surface area contributed by atoms with Crippen LogP contribution in [0.5, 0.6) is 5.75 Å². The molecule has 0 aliphatic heterocycles. The first-order chi connectivity index (χ1) is 7.76. The molecule has 92 valence electrons. The fraction of sp³-hybridized carbons (Fsp3) is 0.333. The molecule has 0 spiro atoms. The van der Waals surface area contributed by atoms with E-state index in [-0.39, 0.29) is 5.75 Å². The molecule has 0 radical (unpaired) electrons. The number of benzene rings is 1. The van der Waals surface area contributed by atoms with E-state index in [2.05, 4.69) is 4.74 Å². The summed E-state index contributed by atoms with van der Waals surface area (Å²) in [5.41, 5.74) is 1.01. The number of aliphatic hydroxyl groups is 2. The predicted octanol–water partition coefficient (Wildman–Crippen LogP) is -1.08. The molecule has 1 aromatic rings. The van der Waals surface area contributed by atoms with Gasteiger partial charge in [-0.15, -0.1) is 0 Å². The van der Waals surface area contributed by atoms with Crippen LogP contribution in [0.25, 0.3) is 0 Å². The molecule has 0 bridgehead atoms. The van der Waals surface area contributed by atoms with Gasteiger partial charge in [0.25, 0.3) is 5.79 Å². The van der Waals surface area contributed by atoms with E-state index in [0.29, 0.717) is 0 Å². The third kappa shape index (κ3) is 3.67. The highest BCUT2D eigenvalue weighted by atomic mass is 19.4. The van der Waals surface area contributed by atoms with E-state index in [4.69, 9.17) is 10.2 Å². The van der Waals surface area contributed by atoms with E-state index in [1.165, 1.54) is 12.1 Å². The molecule has 8 heteroatoms. The number of hydrogen-bond donors (Lipinski definition) is 2. The van der Waals surface area contributed by atoms with E-state index in [0.717, 1.165) is 12.6 Å². The summed E-state index contributed by atoms with van der Waals surface area (Å²) < 4.78 is 40.9. The lowest BCUT2D eigenvalue weighted by Crippen LogP contribution is -2.49. The molecule has 17 heavy (non-hydrogen) atoms. The molecule has 0 aliphatic carbocycles. The number of halogens is 3. The van der Waals surface area contributed by atoms with Crippen molar-refractivity contribution in [3.63, 3.8) is 0 Å².